The molecule has 2 aliphatic rings. The molecular formula is C20H19Cl2N3O3S. The molecule has 1 saturated heterocycles. The molecule has 1 unspecified atom stereocenters. The number of benzene rings is 2. The average Bonchev–Trinajstić information content (AvgIpc) is 2.99. The zero-order valence-electron chi connectivity index (χ0n) is 15.4. The Morgan fingerprint density at radius 1 is 1.21 bits per heavy atom. The second-order valence-electron chi connectivity index (χ2n) is 7.12. The number of nitrogens with zero attached hydrogens (tertiary/aromatic N) is 2. The number of nitrogens with one attached hydrogen (secondary N) is 1. The van der Waals surface area contributed by atoms with Gasteiger partial charge >= 0.3 is 0 Å². The molecule has 0 spiro atoms. The quantitative estimate of drug-likeness (QED) is 0.774. The lowest BCUT2D eigenvalue weighted by atomic mass is 9.96. The second-order valence-corrected chi connectivity index (χ2v) is 9.54. The first kappa shape index (κ1) is 20.2. The van der Waals surface area contributed by atoms with Gasteiger partial charge in [0.05, 0.1) is 5.92 Å². The topological polar surface area (TPSA) is 78.8 Å². The van der Waals surface area contributed by atoms with Gasteiger partial charge in [-0.3, -0.25) is 4.79 Å². The molecular weight excluding hydrogens is 433 g/mol. The Morgan fingerprint density at radius 3 is 2.79 bits per heavy atom. The number of piperidine rings is 1. The van der Waals surface area contributed by atoms with Crippen molar-refractivity contribution in [3.05, 3.63) is 63.6 Å². The van der Waals surface area contributed by atoms with Crippen molar-refractivity contribution in [2.75, 3.05) is 13.1 Å². The van der Waals surface area contributed by atoms with E-state index in [2.05, 4.69) is 9.71 Å². The van der Waals surface area contributed by atoms with Crippen LogP contribution in [0.2, 0.25) is 10.0 Å². The molecule has 1 atom stereocenters. The summed E-state index contributed by atoms with van der Waals surface area (Å²) in [5.41, 5.74) is 1.39. The zero-order chi connectivity index (χ0) is 20.6. The highest BCUT2D eigenvalue weighted by Crippen LogP contribution is 2.30. The van der Waals surface area contributed by atoms with Gasteiger partial charge in [-0.2, -0.15) is 8.42 Å². The van der Waals surface area contributed by atoms with E-state index in [1.165, 1.54) is 0 Å². The summed E-state index contributed by atoms with van der Waals surface area (Å²) in [6, 6.07) is 11.9. The number of likely N-dealkylation sites (tertiary alicyclic amines) is 1. The van der Waals surface area contributed by atoms with Crippen LogP contribution in [0.5, 0.6) is 0 Å². The highest BCUT2D eigenvalue weighted by atomic mass is 35.5. The van der Waals surface area contributed by atoms with E-state index in [0.717, 1.165) is 18.4 Å². The van der Waals surface area contributed by atoms with Crippen LogP contribution >= 0.6 is 23.2 Å². The van der Waals surface area contributed by atoms with Gasteiger partial charge in [-0.25, -0.2) is 0 Å². The molecule has 2 heterocycles. The Kier molecular flexibility index (Phi) is 5.55. The number of hydrogen-bond acceptors (Lipinski definition) is 4. The van der Waals surface area contributed by atoms with Crippen LogP contribution in [0.4, 0.5) is 0 Å². The third kappa shape index (κ3) is 4.13. The molecule has 1 N–H and O–H groups in total. The first-order valence-electron chi connectivity index (χ1n) is 9.26. The lowest BCUT2D eigenvalue weighted by Gasteiger charge is -2.33. The summed E-state index contributed by atoms with van der Waals surface area (Å²) >= 11 is 12.1. The van der Waals surface area contributed by atoms with Gasteiger partial charge in [-0.1, -0.05) is 41.4 Å². The molecule has 2 aliphatic heterocycles. The molecule has 0 bridgehead atoms. The van der Waals surface area contributed by atoms with Crippen molar-refractivity contribution in [2.45, 2.75) is 24.3 Å². The van der Waals surface area contributed by atoms with Crippen LogP contribution in [-0.4, -0.2) is 38.2 Å². The van der Waals surface area contributed by atoms with Crippen molar-refractivity contribution < 1.29 is 13.2 Å². The lowest BCUT2D eigenvalue weighted by molar-refractivity contribution is -0.126. The van der Waals surface area contributed by atoms with Crippen molar-refractivity contribution in [1.29, 1.82) is 0 Å². The largest absolute Gasteiger partial charge is 0.355 e. The third-order valence-corrected chi connectivity index (χ3v) is 7.08. The SMILES string of the molecule is O=C(NCc1ccc(Cl)cc1Cl)C1CCCN(C2=NS(=O)(=O)c3ccccc32)C1. The number of carbonyl (C=O) groups excluding carboxylic acids is 1. The van der Waals surface area contributed by atoms with E-state index in [9.17, 15) is 13.2 Å². The molecule has 6 nitrogen and oxygen atoms in total. The van der Waals surface area contributed by atoms with Crippen LogP contribution in [0, 0.1) is 5.92 Å². The second kappa shape index (κ2) is 7.97. The smallest absolute Gasteiger partial charge is 0.285 e. The van der Waals surface area contributed by atoms with E-state index < -0.39 is 10.0 Å². The first-order valence-corrected chi connectivity index (χ1v) is 11.5. The van der Waals surface area contributed by atoms with Crippen molar-refractivity contribution in [2.24, 2.45) is 10.3 Å². The Hall–Kier alpha value is -2.09. The number of halogens is 2. The average molecular weight is 452 g/mol. The Bertz CT molecular complexity index is 1100. The zero-order valence-corrected chi connectivity index (χ0v) is 17.8. The molecule has 2 aromatic rings. The number of rotatable bonds is 3. The minimum Gasteiger partial charge on any atom is -0.355 e. The maximum absolute atomic E-state index is 12.7. The summed E-state index contributed by atoms with van der Waals surface area (Å²) in [6.45, 7) is 1.39. The summed E-state index contributed by atoms with van der Waals surface area (Å²) in [4.78, 5) is 14.8. The number of amidine groups is 1. The molecule has 0 radical (unpaired) electrons. The number of fused-ring (bicyclic) bond motifs is 1. The summed E-state index contributed by atoms with van der Waals surface area (Å²) < 4.78 is 28.6. The summed E-state index contributed by atoms with van der Waals surface area (Å²) in [7, 11) is -3.68. The van der Waals surface area contributed by atoms with Gasteiger partial charge in [0.2, 0.25) is 5.91 Å². The maximum Gasteiger partial charge on any atom is 0.285 e. The van der Waals surface area contributed by atoms with Gasteiger partial charge in [0, 0.05) is 35.2 Å². The molecule has 9 heteroatoms. The monoisotopic (exact) mass is 451 g/mol. The van der Waals surface area contributed by atoms with E-state index in [4.69, 9.17) is 23.2 Å². The predicted molar refractivity (Wildman–Crippen MR) is 113 cm³/mol. The van der Waals surface area contributed by atoms with E-state index in [1.807, 2.05) is 4.90 Å². The molecule has 1 amide bonds. The van der Waals surface area contributed by atoms with Crippen LogP contribution in [0.25, 0.3) is 0 Å². The van der Waals surface area contributed by atoms with Gasteiger partial charge < -0.3 is 10.2 Å². The van der Waals surface area contributed by atoms with Crippen LogP contribution in [-0.2, 0) is 21.4 Å². The molecule has 0 aliphatic carbocycles. The number of hydrogen-bond donors (Lipinski definition) is 1. The molecule has 152 valence electrons. The minimum absolute atomic E-state index is 0.0875. The van der Waals surface area contributed by atoms with Crippen molar-refractivity contribution in [3.8, 4) is 0 Å². The highest BCUT2D eigenvalue weighted by molar-refractivity contribution is 7.90. The van der Waals surface area contributed by atoms with Crippen molar-refractivity contribution in [3.63, 3.8) is 0 Å². The van der Waals surface area contributed by atoms with Crippen LogP contribution in [0.3, 0.4) is 0 Å². The molecule has 0 saturated carbocycles. The van der Waals surface area contributed by atoms with Gasteiger partial charge in [0.25, 0.3) is 10.0 Å². The molecule has 4 rings (SSSR count). The first-order chi connectivity index (χ1) is 13.8. The number of amides is 1. The van der Waals surface area contributed by atoms with E-state index in [-0.39, 0.29) is 16.7 Å². The van der Waals surface area contributed by atoms with Crippen LogP contribution in [0.15, 0.2) is 51.8 Å². The summed E-state index contributed by atoms with van der Waals surface area (Å²) in [6.07, 6.45) is 1.51. The van der Waals surface area contributed by atoms with Crippen molar-refractivity contribution in [1.82, 2.24) is 10.2 Å². The summed E-state index contributed by atoms with van der Waals surface area (Å²) in [5.74, 6) is 0.0855. The summed E-state index contributed by atoms with van der Waals surface area (Å²) in [5, 5.41) is 3.97. The molecule has 29 heavy (non-hydrogen) atoms. The molecule has 0 aromatic heterocycles. The van der Waals surface area contributed by atoms with Gasteiger partial charge in [-0.05, 0) is 42.7 Å². The predicted octanol–water partition coefficient (Wildman–Crippen LogP) is 3.47. The fourth-order valence-electron chi connectivity index (χ4n) is 3.69. The van der Waals surface area contributed by atoms with E-state index in [1.54, 1.807) is 42.5 Å². The Labute approximate surface area is 179 Å². The Morgan fingerprint density at radius 2 is 2.00 bits per heavy atom. The lowest BCUT2D eigenvalue weighted by Crippen LogP contribution is -2.45. The normalized spacial score (nSPS) is 20.1. The molecule has 2 aromatic carbocycles. The van der Waals surface area contributed by atoms with Gasteiger partial charge in [0.15, 0.2) is 5.84 Å². The van der Waals surface area contributed by atoms with Gasteiger partial charge in [-0.15, -0.1) is 4.40 Å². The van der Waals surface area contributed by atoms with E-state index >= 15 is 0 Å². The Balaban J connectivity index is 1.45. The number of carbonyl (C=O) groups is 1. The van der Waals surface area contributed by atoms with Crippen LogP contribution < -0.4 is 5.32 Å². The maximum atomic E-state index is 12.7. The van der Waals surface area contributed by atoms with Gasteiger partial charge in [0.1, 0.15) is 4.90 Å². The standard InChI is InChI=1S/C20H19Cl2N3O3S/c21-15-8-7-13(17(22)10-15)11-23-20(26)14-4-3-9-25(12-14)19-16-5-1-2-6-18(16)29(27,28)24-19/h1-2,5-8,10,14H,3-4,9,11-12H2,(H,23,26). The highest BCUT2D eigenvalue weighted by Gasteiger charge is 2.35. The third-order valence-electron chi connectivity index (χ3n) is 5.17. The minimum atomic E-state index is -3.68. The number of sulfonamides is 1. The fraction of sp³-hybridized carbons (Fsp3) is 0.300. The molecule has 1 fully saturated rings. The van der Waals surface area contributed by atoms with E-state index in [0.29, 0.717) is 41.1 Å². The van der Waals surface area contributed by atoms with Crippen LogP contribution in [0.1, 0.15) is 24.0 Å². The van der Waals surface area contributed by atoms with Crippen molar-refractivity contribution >= 4 is 45.0 Å². The fourth-order valence-corrected chi connectivity index (χ4v) is 5.39.